The van der Waals surface area contributed by atoms with Crippen LogP contribution < -0.4 is 0 Å². The second kappa shape index (κ2) is 8.24. The summed E-state index contributed by atoms with van der Waals surface area (Å²) in [5.41, 5.74) is 2.36. The minimum atomic E-state index is -0.929. The van der Waals surface area contributed by atoms with Crippen LogP contribution >= 0.6 is 0 Å². The Morgan fingerprint density at radius 2 is 1.80 bits per heavy atom. The van der Waals surface area contributed by atoms with Crippen molar-refractivity contribution >= 4 is 12.2 Å². The predicted octanol–water partition coefficient (Wildman–Crippen LogP) is 3.52. The third-order valence-corrected chi connectivity index (χ3v) is 5.83. The van der Waals surface area contributed by atoms with Crippen LogP contribution in [0.5, 0.6) is 0 Å². The van der Waals surface area contributed by atoms with E-state index in [0.29, 0.717) is 48.5 Å². The monoisotopic (exact) mass is 404 g/mol. The van der Waals surface area contributed by atoms with Gasteiger partial charge >= 0.3 is 0 Å². The first-order valence-electron chi connectivity index (χ1n) is 10.1. The molecule has 0 atom stereocenters. The van der Waals surface area contributed by atoms with E-state index < -0.39 is 5.60 Å². The molecule has 1 saturated heterocycles. The molecule has 0 saturated carbocycles. The van der Waals surface area contributed by atoms with E-state index in [1.54, 1.807) is 11.8 Å². The highest BCUT2D eigenvalue weighted by molar-refractivity contribution is 6.01. The summed E-state index contributed by atoms with van der Waals surface area (Å²) in [5.74, 6) is 0.221. The number of piperidine rings is 1. The lowest BCUT2D eigenvalue weighted by atomic mass is 9.84. The van der Waals surface area contributed by atoms with Crippen LogP contribution in [-0.2, 0) is 16.8 Å². The van der Waals surface area contributed by atoms with Crippen molar-refractivity contribution in [2.75, 3.05) is 13.1 Å². The average Bonchev–Trinajstić information content (AvgIpc) is 3.16. The molecule has 154 valence electrons. The number of carbonyl (C=O) groups is 2. The fraction of sp³-hybridized carbons (Fsp3) is 0.292. The van der Waals surface area contributed by atoms with E-state index >= 15 is 0 Å². The maximum atomic E-state index is 13.4. The maximum Gasteiger partial charge on any atom is 0.259 e. The fourth-order valence-corrected chi connectivity index (χ4v) is 4.09. The summed E-state index contributed by atoms with van der Waals surface area (Å²) in [6.07, 6.45) is 1.99. The average molecular weight is 404 g/mol. The molecule has 30 heavy (non-hydrogen) atoms. The highest BCUT2D eigenvalue weighted by Crippen LogP contribution is 2.35. The molecule has 1 aliphatic heterocycles. The molecule has 2 aromatic carbocycles. The topological polar surface area (TPSA) is 83.6 Å². The Morgan fingerprint density at radius 3 is 2.50 bits per heavy atom. The quantitative estimate of drug-likeness (QED) is 0.658. The summed E-state index contributed by atoms with van der Waals surface area (Å²) in [7, 11) is 0. The van der Waals surface area contributed by atoms with Crippen molar-refractivity contribution in [1.29, 1.82) is 0 Å². The molecular formula is C24H24N2O4. The molecule has 0 unspecified atom stereocenters. The minimum Gasteiger partial charge on any atom is -0.385 e. The molecule has 6 nitrogen and oxygen atoms in total. The van der Waals surface area contributed by atoms with E-state index in [1.807, 2.05) is 54.6 Å². The van der Waals surface area contributed by atoms with E-state index in [4.69, 9.17) is 4.52 Å². The van der Waals surface area contributed by atoms with Gasteiger partial charge in [0.05, 0.1) is 11.3 Å². The van der Waals surface area contributed by atoms with Crippen LogP contribution in [0.4, 0.5) is 0 Å². The predicted molar refractivity (Wildman–Crippen MR) is 112 cm³/mol. The Kier molecular flexibility index (Phi) is 5.50. The van der Waals surface area contributed by atoms with Crippen molar-refractivity contribution in [2.45, 2.75) is 31.8 Å². The fourth-order valence-electron chi connectivity index (χ4n) is 4.09. The van der Waals surface area contributed by atoms with Gasteiger partial charge < -0.3 is 19.3 Å². The van der Waals surface area contributed by atoms with Gasteiger partial charge in [0.1, 0.15) is 11.8 Å². The molecule has 0 radical (unpaired) electrons. The molecule has 0 aliphatic carbocycles. The number of aryl methyl sites for hydroxylation is 1. The van der Waals surface area contributed by atoms with Gasteiger partial charge in [-0.05, 0) is 30.9 Å². The Morgan fingerprint density at radius 1 is 1.13 bits per heavy atom. The first kappa shape index (κ1) is 20.0. The van der Waals surface area contributed by atoms with Crippen molar-refractivity contribution in [3.05, 3.63) is 77.0 Å². The number of amides is 1. The van der Waals surface area contributed by atoms with E-state index in [2.05, 4.69) is 5.16 Å². The third kappa shape index (κ3) is 3.66. The van der Waals surface area contributed by atoms with Crippen molar-refractivity contribution in [3.8, 4) is 11.3 Å². The van der Waals surface area contributed by atoms with Crippen molar-refractivity contribution in [1.82, 2.24) is 10.1 Å². The third-order valence-electron chi connectivity index (χ3n) is 5.83. The zero-order chi connectivity index (χ0) is 21.1. The van der Waals surface area contributed by atoms with Crippen molar-refractivity contribution < 1.29 is 19.2 Å². The number of hydrogen-bond donors (Lipinski definition) is 1. The lowest BCUT2D eigenvalue weighted by molar-refractivity contribution is -0.107. The molecule has 1 aromatic heterocycles. The Bertz CT molecular complexity index is 1050. The normalized spacial score (nSPS) is 15.7. The van der Waals surface area contributed by atoms with Crippen LogP contribution in [0.1, 0.15) is 40.0 Å². The van der Waals surface area contributed by atoms with Crippen LogP contribution in [0.15, 0.2) is 59.1 Å². The standard InChI is InChI=1S/C24H24N2O4/c1-17-21(22(30-25-17)20-10-6-5-7-18(20)11-16-27)23(28)26-14-12-24(29,13-15-26)19-8-3-2-4-9-19/h2-10,16,29H,11-15H2,1H3. The molecule has 1 N–H and O–H groups in total. The van der Waals surface area contributed by atoms with Gasteiger partial charge in [0, 0.05) is 25.1 Å². The van der Waals surface area contributed by atoms with Crippen LogP contribution in [0, 0.1) is 6.92 Å². The van der Waals surface area contributed by atoms with Gasteiger partial charge in [0.15, 0.2) is 5.76 Å². The Balaban J connectivity index is 1.59. The summed E-state index contributed by atoms with van der Waals surface area (Å²) in [5, 5.41) is 15.1. The lowest BCUT2D eigenvalue weighted by Crippen LogP contribution is -2.45. The number of aldehydes is 1. The zero-order valence-corrected chi connectivity index (χ0v) is 16.9. The number of benzene rings is 2. The molecular weight excluding hydrogens is 380 g/mol. The van der Waals surface area contributed by atoms with Gasteiger partial charge in [-0.1, -0.05) is 59.8 Å². The SMILES string of the molecule is Cc1noc(-c2ccccc2CC=O)c1C(=O)N1CCC(O)(c2ccccc2)CC1. The van der Waals surface area contributed by atoms with Crippen molar-refractivity contribution in [2.24, 2.45) is 0 Å². The summed E-state index contributed by atoms with van der Waals surface area (Å²) >= 11 is 0. The molecule has 1 aliphatic rings. The first-order chi connectivity index (χ1) is 14.5. The van der Waals surface area contributed by atoms with Gasteiger partial charge in [-0.2, -0.15) is 0 Å². The molecule has 0 spiro atoms. The molecule has 0 bridgehead atoms. The van der Waals surface area contributed by atoms with Gasteiger partial charge in [-0.25, -0.2) is 0 Å². The Labute approximate surface area is 175 Å². The number of carbonyl (C=O) groups excluding carboxylic acids is 2. The summed E-state index contributed by atoms with van der Waals surface area (Å²) in [4.78, 5) is 26.2. The molecule has 2 heterocycles. The molecule has 1 fully saturated rings. The number of rotatable bonds is 5. The molecule has 1 amide bonds. The van der Waals surface area contributed by atoms with Crippen LogP contribution in [0.3, 0.4) is 0 Å². The highest BCUT2D eigenvalue weighted by atomic mass is 16.5. The first-order valence-corrected chi connectivity index (χ1v) is 10.1. The highest BCUT2D eigenvalue weighted by Gasteiger charge is 2.37. The number of aliphatic hydroxyl groups is 1. The van der Waals surface area contributed by atoms with Gasteiger partial charge in [-0.15, -0.1) is 0 Å². The minimum absolute atomic E-state index is 0.167. The van der Waals surface area contributed by atoms with E-state index in [1.165, 1.54) is 0 Å². The lowest BCUT2D eigenvalue weighted by Gasteiger charge is -2.38. The Hall–Kier alpha value is -3.25. The van der Waals surface area contributed by atoms with Crippen LogP contribution in [0.2, 0.25) is 0 Å². The van der Waals surface area contributed by atoms with Crippen LogP contribution in [0.25, 0.3) is 11.3 Å². The van der Waals surface area contributed by atoms with Crippen LogP contribution in [-0.4, -0.2) is 40.4 Å². The molecule has 4 rings (SSSR count). The number of aromatic nitrogens is 1. The smallest absolute Gasteiger partial charge is 0.259 e. The van der Waals surface area contributed by atoms with Crippen molar-refractivity contribution in [3.63, 3.8) is 0 Å². The second-order valence-electron chi connectivity index (χ2n) is 7.69. The molecule has 6 heteroatoms. The summed E-state index contributed by atoms with van der Waals surface area (Å²) < 4.78 is 5.53. The van der Waals surface area contributed by atoms with E-state index in [9.17, 15) is 14.7 Å². The second-order valence-corrected chi connectivity index (χ2v) is 7.69. The number of likely N-dealkylation sites (tertiary alicyclic amines) is 1. The van der Waals surface area contributed by atoms with E-state index in [-0.39, 0.29) is 12.3 Å². The number of hydrogen-bond acceptors (Lipinski definition) is 5. The largest absolute Gasteiger partial charge is 0.385 e. The van der Waals surface area contributed by atoms with E-state index in [0.717, 1.165) is 17.4 Å². The zero-order valence-electron chi connectivity index (χ0n) is 16.9. The van der Waals surface area contributed by atoms with Gasteiger partial charge in [-0.3, -0.25) is 4.79 Å². The number of nitrogens with zero attached hydrogens (tertiary/aromatic N) is 2. The summed E-state index contributed by atoms with van der Waals surface area (Å²) in [6.45, 7) is 2.61. The van der Waals surface area contributed by atoms with Gasteiger partial charge in [0.2, 0.25) is 0 Å². The molecule has 3 aromatic rings. The maximum absolute atomic E-state index is 13.4. The summed E-state index contributed by atoms with van der Waals surface area (Å²) in [6, 6.07) is 17.0. The van der Waals surface area contributed by atoms with Gasteiger partial charge in [0.25, 0.3) is 5.91 Å².